The fourth-order valence-corrected chi connectivity index (χ4v) is 2.02. The number of aliphatic hydroxyl groups excluding tert-OH is 1. The van der Waals surface area contributed by atoms with Gasteiger partial charge in [0.25, 0.3) is 0 Å². The lowest BCUT2D eigenvalue weighted by atomic mass is 9.84. The fraction of sp³-hybridized carbons (Fsp3) is 0.571. The normalized spacial score (nSPS) is 20.1. The third-order valence-corrected chi connectivity index (χ3v) is 3.39. The minimum Gasteiger partial charge on any atom is -0.490 e. The molecule has 88 valence electrons. The third-order valence-electron chi connectivity index (χ3n) is 3.39. The molecule has 0 radical (unpaired) electrons. The predicted molar refractivity (Wildman–Crippen MR) is 65.0 cm³/mol. The zero-order valence-corrected chi connectivity index (χ0v) is 10.3. The summed E-state index contributed by atoms with van der Waals surface area (Å²) in [6.07, 6.45) is 2.49. The molecule has 2 rings (SSSR count). The largest absolute Gasteiger partial charge is 0.490 e. The predicted octanol–water partition coefficient (Wildman–Crippen LogP) is 2.67. The second-order valence-electron chi connectivity index (χ2n) is 5.33. The van der Waals surface area contributed by atoms with Gasteiger partial charge in [0, 0.05) is 5.41 Å². The smallest absolute Gasteiger partial charge is 0.123 e. The fourth-order valence-electron chi connectivity index (χ4n) is 2.02. The molecule has 16 heavy (non-hydrogen) atoms. The quantitative estimate of drug-likeness (QED) is 0.830. The summed E-state index contributed by atoms with van der Waals surface area (Å²) in [5.41, 5.74) is 2.23. The van der Waals surface area contributed by atoms with Crippen LogP contribution in [0.5, 0.6) is 5.75 Å². The Balaban J connectivity index is 2.35. The minimum absolute atomic E-state index is 0.154. The van der Waals surface area contributed by atoms with Crippen LogP contribution >= 0.6 is 0 Å². The molecule has 1 N–H and O–H groups in total. The highest BCUT2D eigenvalue weighted by molar-refractivity contribution is 5.41. The molecule has 0 saturated carbocycles. The van der Waals surface area contributed by atoms with Crippen LogP contribution in [-0.2, 0) is 11.8 Å². The van der Waals surface area contributed by atoms with Gasteiger partial charge in [0.2, 0.25) is 0 Å². The average Bonchev–Trinajstić information content (AvgIpc) is 2.28. The zero-order chi connectivity index (χ0) is 11.8. The Kier molecular flexibility index (Phi) is 2.94. The van der Waals surface area contributed by atoms with Crippen LogP contribution in [-0.4, -0.2) is 17.8 Å². The molecule has 1 aliphatic rings. The van der Waals surface area contributed by atoms with Gasteiger partial charge in [-0.1, -0.05) is 26.0 Å². The van der Waals surface area contributed by atoms with E-state index >= 15 is 0 Å². The summed E-state index contributed by atoms with van der Waals surface area (Å²) in [5.74, 6) is 0.998. The SMILES string of the molecule is CC1CCc2ccc(C(C)(C)CO)cc2O1. The van der Waals surface area contributed by atoms with E-state index in [1.165, 1.54) is 5.56 Å². The van der Waals surface area contributed by atoms with Crippen LogP contribution in [0.15, 0.2) is 18.2 Å². The number of hydrogen-bond donors (Lipinski definition) is 1. The van der Waals surface area contributed by atoms with E-state index in [-0.39, 0.29) is 12.0 Å². The molecule has 0 aromatic heterocycles. The molecule has 0 aliphatic carbocycles. The van der Waals surface area contributed by atoms with E-state index in [0.29, 0.717) is 6.10 Å². The average molecular weight is 220 g/mol. The van der Waals surface area contributed by atoms with E-state index in [1.54, 1.807) is 0 Å². The Morgan fingerprint density at radius 1 is 1.44 bits per heavy atom. The summed E-state index contributed by atoms with van der Waals surface area (Å²) in [5, 5.41) is 9.36. The second-order valence-corrected chi connectivity index (χ2v) is 5.33. The van der Waals surface area contributed by atoms with E-state index in [4.69, 9.17) is 4.74 Å². The van der Waals surface area contributed by atoms with E-state index in [0.717, 1.165) is 24.2 Å². The van der Waals surface area contributed by atoms with Crippen molar-refractivity contribution in [2.45, 2.75) is 45.1 Å². The van der Waals surface area contributed by atoms with Crippen LogP contribution in [0, 0.1) is 0 Å². The van der Waals surface area contributed by atoms with Gasteiger partial charge in [0.05, 0.1) is 12.7 Å². The summed E-state index contributed by atoms with van der Waals surface area (Å²) < 4.78 is 5.83. The van der Waals surface area contributed by atoms with Crippen LogP contribution in [0.4, 0.5) is 0 Å². The van der Waals surface area contributed by atoms with E-state index in [9.17, 15) is 5.11 Å². The first-order valence-electron chi connectivity index (χ1n) is 5.94. The van der Waals surface area contributed by atoms with Crippen LogP contribution < -0.4 is 4.74 Å². The number of rotatable bonds is 2. The van der Waals surface area contributed by atoms with Gasteiger partial charge in [-0.25, -0.2) is 0 Å². The molecule has 0 saturated heterocycles. The molecule has 1 atom stereocenters. The highest BCUT2D eigenvalue weighted by atomic mass is 16.5. The van der Waals surface area contributed by atoms with Gasteiger partial charge in [-0.3, -0.25) is 0 Å². The Labute approximate surface area is 97.3 Å². The number of ether oxygens (including phenoxy) is 1. The zero-order valence-electron chi connectivity index (χ0n) is 10.3. The van der Waals surface area contributed by atoms with Crippen molar-refractivity contribution in [3.8, 4) is 5.75 Å². The van der Waals surface area contributed by atoms with Crippen LogP contribution in [0.25, 0.3) is 0 Å². The lowest BCUT2D eigenvalue weighted by Crippen LogP contribution is -2.24. The van der Waals surface area contributed by atoms with Crippen molar-refractivity contribution in [3.63, 3.8) is 0 Å². The van der Waals surface area contributed by atoms with Gasteiger partial charge in [-0.05, 0) is 37.0 Å². The summed E-state index contributed by atoms with van der Waals surface area (Å²) in [6.45, 7) is 6.34. The lowest BCUT2D eigenvalue weighted by Gasteiger charge is -2.27. The Bertz CT molecular complexity index is 382. The highest BCUT2D eigenvalue weighted by Crippen LogP contribution is 2.32. The van der Waals surface area contributed by atoms with Crippen molar-refractivity contribution < 1.29 is 9.84 Å². The first-order chi connectivity index (χ1) is 7.53. The molecule has 0 amide bonds. The van der Waals surface area contributed by atoms with Gasteiger partial charge in [0.15, 0.2) is 0 Å². The molecule has 0 bridgehead atoms. The summed E-state index contributed by atoms with van der Waals surface area (Å²) >= 11 is 0. The molecule has 2 nitrogen and oxygen atoms in total. The lowest BCUT2D eigenvalue weighted by molar-refractivity contribution is 0.190. The number of benzene rings is 1. The van der Waals surface area contributed by atoms with Crippen molar-refractivity contribution >= 4 is 0 Å². The highest BCUT2D eigenvalue weighted by Gasteiger charge is 2.23. The van der Waals surface area contributed by atoms with E-state index in [1.807, 2.05) is 13.8 Å². The molecule has 1 heterocycles. The first-order valence-corrected chi connectivity index (χ1v) is 5.94. The topological polar surface area (TPSA) is 29.5 Å². The monoisotopic (exact) mass is 220 g/mol. The summed E-state index contributed by atoms with van der Waals surface area (Å²) in [7, 11) is 0. The van der Waals surface area contributed by atoms with Gasteiger partial charge >= 0.3 is 0 Å². The Hall–Kier alpha value is -1.02. The van der Waals surface area contributed by atoms with Gasteiger partial charge < -0.3 is 9.84 Å². The second kappa shape index (κ2) is 4.10. The maximum atomic E-state index is 9.36. The number of aliphatic hydroxyl groups is 1. The molecule has 1 aromatic carbocycles. The molecule has 0 fully saturated rings. The molecule has 1 unspecified atom stereocenters. The molecule has 0 spiro atoms. The molecule has 1 aliphatic heterocycles. The van der Waals surface area contributed by atoms with Crippen molar-refractivity contribution in [3.05, 3.63) is 29.3 Å². The number of hydrogen-bond acceptors (Lipinski definition) is 2. The standard InChI is InChI=1S/C14H20O2/c1-10-4-5-11-6-7-12(8-13(11)16-10)14(2,3)9-15/h6-8,10,15H,4-5,9H2,1-3H3. The summed E-state index contributed by atoms with van der Waals surface area (Å²) in [6, 6.07) is 6.32. The summed E-state index contributed by atoms with van der Waals surface area (Å²) in [4.78, 5) is 0. The van der Waals surface area contributed by atoms with Crippen molar-refractivity contribution in [2.75, 3.05) is 6.61 Å². The van der Waals surface area contributed by atoms with Gasteiger partial charge in [0.1, 0.15) is 5.75 Å². The number of aryl methyl sites for hydroxylation is 1. The minimum atomic E-state index is -0.195. The molecule has 2 heteroatoms. The van der Waals surface area contributed by atoms with Crippen molar-refractivity contribution in [1.29, 1.82) is 0 Å². The molecular formula is C14H20O2. The van der Waals surface area contributed by atoms with E-state index in [2.05, 4.69) is 25.1 Å². The van der Waals surface area contributed by atoms with Gasteiger partial charge in [-0.15, -0.1) is 0 Å². The van der Waals surface area contributed by atoms with Gasteiger partial charge in [-0.2, -0.15) is 0 Å². The molecular weight excluding hydrogens is 200 g/mol. The van der Waals surface area contributed by atoms with Crippen LogP contribution in [0.1, 0.15) is 38.3 Å². The van der Waals surface area contributed by atoms with Crippen LogP contribution in [0.2, 0.25) is 0 Å². The molecule has 1 aromatic rings. The van der Waals surface area contributed by atoms with Crippen molar-refractivity contribution in [2.24, 2.45) is 0 Å². The maximum Gasteiger partial charge on any atom is 0.123 e. The third kappa shape index (κ3) is 2.07. The Morgan fingerprint density at radius 3 is 2.88 bits per heavy atom. The first kappa shape index (κ1) is 11.5. The van der Waals surface area contributed by atoms with Crippen molar-refractivity contribution in [1.82, 2.24) is 0 Å². The Morgan fingerprint density at radius 2 is 2.19 bits per heavy atom. The van der Waals surface area contributed by atoms with E-state index < -0.39 is 0 Å². The number of fused-ring (bicyclic) bond motifs is 1. The maximum absolute atomic E-state index is 9.36. The van der Waals surface area contributed by atoms with Crippen LogP contribution in [0.3, 0.4) is 0 Å².